The summed E-state index contributed by atoms with van der Waals surface area (Å²) in [4.78, 5) is 40.5. The second-order valence-electron chi connectivity index (χ2n) is 8.29. The number of ether oxygens (including phenoxy) is 4. The maximum atomic E-state index is 13.8. The van der Waals surface area contributed by atoms with Crippen LogP contribution >= 0.6 is 0 Å². The van der Waals surface area contributed by atoms with Gasteiger partial charge in [-0.25, -0.2) is 4.79 Å². The quantitative estimate of drug-likeness (QED) is 0.431. The first-order valence-corrected chi connectivity index (χ1v) is 10.9. The first-order valence-electron chi connectivity index (χ1n) is 10.9. The molecule has 0 radical (unpaired) electrons. The number of hydrogen-bond donors (Lipinski definition) is 1. The molecule has 32 heavy (non-hydrogen) atoms. The minimum atomic E-state index is -1.67. The summed E-state index contributed by atoms with van der Waals surface area (Å²) in [6.07, 6.45) is -1.85. The Kier molecular flexibility index (Phi) is 8.63. The fourth-order valence-corrected chi connectivity index (χ4v) is 3.62. The van der Waals surface area contributed by atoms with Crippen molar-refractivity contribution < 1.29 is 33.3 Å². The van der Waals surface area contributed by atoms with E-state index in [0.717, 1.165) is 0 Å². The zero-order chi connectivity index (χ0) is 23.9. The number of fused-ring (bicyclic) bond motifs is 1. The molecule has 2 amide bonds. The molecule has 0 aromatic heterocycles. The molecule has 9 heteroatoms. The van der Waals surface area contributed by atoms with Gasteiger partial charge in [0.05, 0.1) is 25.3 Å². The van der Waals surface area contributed by atoms with E-state index in [1.165, 1.54) is 4.90 Å². The van der Waals surface area contributed by atoms with E-state index in [1.54, 1.807) is 52.0 Å². The van der Waals surface area contributed by atoms with Crippen LogP contribution in [0.15, 0.2) is 24.3 Å². The Morgan fingerprint density at radius 1 is 1.06 bits per heavy atom. The maximum absolute atomic E-state index is 13.8. The maximum Gasteiger partial charge on any atom is 0.408 e. The van der Waals surface area contributed by atoms with E-state index in [4.69, 9.17) is 18.9 Å². The van der Waals surface area contributed by atoms with Crippen molar-refractivity contribution in [2.45, 2.75) is 65.4 Å². The van der Waals surface area contributed by atoms with E-state index in [9.17, 15) is 14.4 Å². The summed E-state index contributed by atoms with van der Waals surface area (Å²) in [6.45, 7) is 11.5. The largest absolute Gasteiger partial charge is 0.466 e. The van der Waals surface area contributed by atoms with Crippen LogP contribution < -0.4 is 10.2 Å². The normalized spacial score (nSPS) is 18.0. The van der Waals surface area contributed by atoms with Crippen LogP contribution in [-0.2, 0) is 34.1 Å². The van der Waals surface area contributed by atoms with E-state index in [2.05, 4.69) is 5.32 Å². The number of anilines is 1. The standard InChI is InChI=1S/C23H34N2O7/c1-7-29-18(26)14-23(24-21(28)32-22(4,5)6)16-12-10-11-13-17(16)25(20(23)27)15-19(30-8-2)31-9-3/h10-13,19H,7-9,14-15H2,1-6H3,(H,24,28)/t23-/m0/s1. The third kappa shape index (κ3) is 5.98. The van der Waals surface area contributed by atoms with E-state index < -0.39 is 35.4 Å². The lowest BCUT2D eigenvalue weighted by Gasteiger charge is -2.31. The number of nitrogens with one attached hydrogen (secondary N) is 1. The lowest BCUT2D eigenvalue weighted by molar-refractivity contribution is -0.148. The number of para-hydroxylation sites is 1. The van der Waals surface area contributed by atoms with Gasteiger partial charge in [0.15, 0.2) is 11.8 Å². The molecule has 1 aromatic rings. The molecule has 0 aliphatic carbocycles. The summed E-state index contributed by atoms with van der Waals surface area (Å²) >= 11 is 0. The molecule has 0 spiro atoms. The number of carbonyl (C=O) groups excluding carboxylic acids is 3. The van der Waals surface area contributed by atoms with Crippen LogP contribution in [0.5, 0.6) is 0 Å². The second-order valence-corrected chi connectivity index (χ2v) is 8.29. The Balaban J connectivity index is 2.50. The van der Waals surface area contributed by atoms with Crippen LogP contribution in [0.2, 0.25) is 0 Å². The molecule has 1 aliphatic heterocycles. The molecule has 178 valence electrons. The van der Waals surface area contributed by atoms with Crippen LogP contribution in [0.25, 0.3) is 0 Å². The molecule has 0 fully saturated rings. The second kappa shape index (κ2) is 10.8. The minimum Gasteiger partial charge on any atom is -0.466 e. The number of alkyl carbamates (subject to hydrolysis) is 1. The fourth-order valence-electron chi connectivity index (χ4n) is 3.62. The van der Waals surface area contributed by atoms with E-state index in [0.29, 0.717) is 24.5 Å². The lowest BCUT2D eigenvalue weighted by Crippen LogP contribution is -2.56. The van der Waals surface area contributed by atoms with Crippen molar-refractivity contribution >= 4 is 23.7 Å². The fraction of sp³-hybridized carbons (Fsp3) is 0.609. The molecule has 1 atom stereocenters. The van der Waals surface area contributed by atoms with Gasteiger partial charge in [-0.2, -0.15) is 0 Å². The van der Waals surface area contributed by atoms with Crippen molar-refractivity contribution in [2.24, 2.45) is 0 Å². The molecule has 9 nitrogen and oxygen atoms in total. The molecule has 0 saturated carbocycles. The Morgan fingerprint density at radius 2 is 1.69 bits per heavy atom. The molecule has 1 aromatic carbocycles. The van der Waals surface area contributed by atoms with Gasteiger partial charge >= 0.3 is 12.1 Å². The van der Waals surface area contributed by atoms with Crippen molar-refractivity contribution in [3.63, 3.8) is 0 Å². The molecular formula is C23H34N2O7. The van der Waals surface area contributed by atoms with Gasteiger partial charge in [-0.15, -0.1) is 0 Å². The lowest BCUT2D eigenvalue weighted by atomic mass is 9.88. The van der Waals surface area contributed by atoms with Gasteiger partial charge in [-0.05, 0) is 47.6 Å². The van der Waals surface area contributed by atoms with Gasteiger partial charge in [-0.1, -0.05) is 18.2 Å². The Bertz CT molecular complexity index is 815. The summed E-state index contributed by atoms with van der Waals surface area (Å²) in [5.41, 5.74) is -1.42. The van der Waals surface area contributed by atoms with E-state index in [-0.39, 0.29) is 19.6 Å². The van der Waals surface area contributed by atoms with E-state index >= 15 is 0 Å². The highest BCUT2D eigenvalue weighted by Gasteiger charge is 2.54. The highest BCUT2D eigenvalue weighted by Crippen LogP contribution is 2.43. The zero-order valence-corrected chi connectivity index (χ0v) is 19.7. The minimum absolute atomic E-state index is 0.0953. The molecule has 1 aliphatic rings. The predicted molar refractivity (Wildman–Crippen MR) is 118 cm³/mol. The topological polar surface area (TPSA) is 103 Å². The van der Waals surface area contributed by atoms with Gasteiger partial charge in [0.1, 0.15) is 5.60 Å². The van der Waals surface area contributed by atoms with Crippen LogP contribution in [0.4, 0.5) is 10.5 Å². The molecule has 0 bridgehead atoms. The number of amides is 2. The van der Waals surface area contributed by atoms with Crippen LogP contribution in [-0.4, -0.2) is 56.2 Å². The van der Waals surface area contributed by atoms with Crippen LogP contribution in [0, 0.1) is 0 Å². The zero-order valence-electron chi connectivity index (χ0n) is 19.7. The Labute approximate surface area is 189 Å². The molecular weight excluding hydrogens is 416 g/mol. The Hall–Kier alpha value is -2.65. The molecule has 0 unspecified atom stereocenters. The summed E-state index contributed by atoms with van der Waals surface area (Å²) in [5, 5.41) is 2.68. The van der Waals surface area contributed by atoms with Crippen molar-refractivity contribution in [1.82, 2.24) is 5.32 Å². The van der Waals surface area contributed by atoms with Gasteiger partial charge < -0.3 is 29.2 Å². The average Bonchev–Trinajstić information content (AvgIpc) is 2.90. The predicted octanol–water partition coefficient (Wildman–Crippen LogP) is 3.11. The van der Waals surface area contributed by atoms with Crippen molar-refractivity contribution in [3.8, 4) is 0 Å². The van der Waals surface area contributed by atoms with Crippen molar-refractivity contribution in [1.29, 1.82) is 0 Å². The number of benzene rings is 1. The van der Waals surface area contributed by atoms with Gasteiger partial charge in [0.2, 0.25) is 0 Å². The number of nitrogens with zero attached hydrogens (tertiary/aromatic N) is 1. The number of hydrogen-bond acceptors (Lipinski definition) is 7. The first kappa shape index (κ1) is 25.6. The first-order chi connectivity index (χ1) is 15.1. The van der Waals surface area contributed by atoms with Crippen LogP contribution in [0.1, 0.15) is 53.5 Å². The highest BCUT2D eigenvalue weighted by atomic mass is 16.7. The Morgan fingerprint density at radius 3 is 2.25 bits per heavy atom. The van der Waals surface area contributed by atoms with Crippen LogP contribution in [0.3, 0.4) is 0 Å². The molecule has 1 heterocycles. The summed E-state index contributed by atoms with van der Waals surface area (Å²) in [7, 11) is 0. The molecule has 0 saturated heterocycles. The van der Waals surface area contributed by atoms with Crippen molar-refractivity contribution in [2.75, 3.05) is 31.3 Å². The summed E-state index contributed by atoms with van der Waals surface area (Å²) < 4.78 is 21.8. The summed E-state index contributed by atoms with van der Waals surface area (Å²) in [5.74, 6) is -1.10. The smallest absolute Gasteiger partial charge is 0.408 e. The molecule has 2 rings (SSSR count). The summed E-state index contributed by atoms with van der Waals surface area (Å²) in [6, 6.07) is 6.99. The SMILES string of the molecule is CCOC(=O)C[C@@]1(NC(=O)OC(C)(C)C)C(=O)N(CC(OCC)OCC)c2ccccc21. The monoisotopic (exact) mass is 450 g/mol. The third-order valence-corrected chi connectivity index (χ3v) is 4.73. The number of rotatable bonds is 10. The average molecular weight is 451 g/mol. The molecule has 1 N–H and O–H groups in total. The van der Waals surface area contributed by atoms with Crippen molar-refractivity contribution in [3.05, 3.63) is 29.8 Å². The number of carbonyl (C=O) groups is 3. The third-order valence-electron chi connectivity index (χ3n) is 4.73. The van der Waals surface area contributed by atoms with Gasteiger partial charge in [-0.3, -0.25) is 9.59 Å². The van der Waals surface area contributed by atoms with Gasteiger partial charge in [0, 0.05) is 18.8 Å². The van der Waals surface area contributed by atoms with Gasteiger partial charge in [0.25, 0.3) is 5.91 Å². The highest BCUT2D eigenvalue weighted by molar-refractivity contribution is 6.10. The van der Waals surface area contributed by atoms with E-state index in [1.807, 2.05) is 13.8 Å². The number of esters is 1.